The molecular weight excluding hydrogens is 387 g/mol. The first kappa shape index (κ1) is 18.7. The zero-order valence-corrected chi connectivity index (χ0v) is 15.7. The largest absolute Gasteiger partial charge is 0.486 e. The van der Waals surface area contributed by atoms with Gasteiger partial charge < -0.3 is 14.8 Å². The second kappa shape index (κ2) is 7.40. The molecule has 0 saturated carbocycles. The standard InChI is InChI=1S/C19H19FN2O5S/c20-13-3-5-14(6-4-13)21-19(23)16-2-1-9-22(16)28(24,25)15-7-8-17-18(12-15)27-11-10-26-17/h3-8,12,16H,1-2,9-11H2,(H,21,23). The van der Waals surface area contributed by atoms with Crippen molar-refractivity contribution in [3.05, 3.63) is 48.3 Å². The molecule has 2 aliphatic rings. The van der Waals surface area contributed by atoms with Gasteiger partial charge in [0.1, 0.15) is 25.1 Å². The van der Waals surface area contributed by atoms with Crippen LogP contribution in [0, 0.1) is 5.82 Å². The summed E-state index contributed by atoms with van der Waals surface area (Å²) in [6.45, 7) is 1.01. The zero-order chi connectivity index (χ0) is 19.7. The fraction of sp³-hybridized carbons (Fsp3) is 0.316. The van der Waals surface area contributed by atoms with E-state index in [4.69, 9.17) is 9.47 Å². The van der Waals surface area contributed by atoms with Crippen molar-refractivity contribution in [1.82, 2.24) is 4.31 Å². The van der Waals surface area contributed by atoms with Crippen molar-refractivity contribution in [1.29, 1.82) is 0 Å². The van der Waals surface area contributed by atoms with E-state index < -0.39 is 27.8 Å². The Balaban J connectivity index is 1.56. The highest BCUT2D eigenvalue weighted by atomic mass is 32.2. The molecule has 1 fully saturated rings. The number of ether oxygens (including phenoxy) is 2. The van der Waals surface area contributed by atoms with Crippen LogP contribution in [0.5, 0.6) is 11.5 Å². The molecule has 7 nitrogen and oxygen atoms in total. The normalized spacial score (nSPS) is 19.4. The first-order valence-corrected chi connectivity index (χ1v) is 10.4. The molecule has 2 aromatic rings. The highest BCUT2D eigenvalue weighted by Gasteiger charge is 2.39. The number of benzene rings is 2. The molecule has 1 atom stereocenters. The van der Waals surface area contributed by atoms with E-state index in [0.29, 0.717) is 43.2 Å². The Bertz CT molecular complexity index is 994. The van der Waals surface area contributed by atoms with Crippen molar-refractivity contribution in [2.24, 2.45) is 0 Å². The van der Waals surface area contributed by atoms with Crippen LogP contribution in [0.4, 0.5) is 10.1 Å². The number of halogens is 1. The van der Waals surface area contributed by atoms with Crippen LogP contribution in [-0.4, -0.2) is 44.4 Å². The molecule has 1 unspecified atom stereocenters. The molecule has 0 bridgehead atoms. The Morgan fingerprint density at radius 2 is 1.79 bits per heavy atom. The summed E-state index contributed by atoms with van der Waals surface area (Å²) in [6, 6.07) is 8.94. The number of carbonyl (C=O) groups excluding carboxylic acids is 1. The Morgan fingerprint density at radius 1 is 1.07 bits per heavy atom. The number of nitrogens with zero attached hydrogens (tertiary/aromatic N) is 1. The molecule has 0 aliphatic carbocycles. The Labute approximate surface area is 162 Å². The molecule has 2 heterocycles. The molecule has 9 heteroatoms. The lowest BCUT2D eigenvalue weighted by atomic mass is 10.2. The number of rotatable bonds is 4. The van der Waals surface area contributed by atoms with Gasteiger partial charge in [-0.3, -0.25) is 4.79 Å². The lowest BCUT2D eigenvalue weighted by Gasteiger charge is -2.24. The van der Waals surface area contributed by atoms with E-state index in [1.807, 2.05) is 0 Å². The van der Waals surface area contributed by atoms with E-state index in [0.717, 1.165) is 0 Å². The zero-order valence-electron chi connectivity index (χ0n) is 14.9. The predicted molar refractivity (Wildman–Crippen MR) is 99.4 cm³/mol. The summed E-state index contributed by atoms with van der Waals surface area (Å²) in [5.74, 6) is 0.0166. The van der Waals surface area contributed by atoms with Gasteiger partial charge in [-0.15, -0.1) is 0 Å². The van der Waals surface area contributed by atoms with Gasteiger partial charge in [0.25, 0.3) is 0 Å². The van der Waals surface area contributed by atoms with Gasteiger partial charge in [-0.2, -0.15) is 4.31 Å². The van der Waals surface area contributed by atoms with Gasteiger partial charge in [0, 0.05) is 18.3 Å². The molecule has 2 aromatic carbocycles. The van der Waals surface area contributed by atoms with Gasteiger partial charge in [0.15, 0.2) is 11.5 Å². The first-order valence-electron chi connectivity index (χ1n) is 8.93. The topological polar surface area (TPSA) is 84.9 Å². The van der Waals surface area contributed by atoms with Crippen LogP contribution in [-0.2, 0) is 14.8 Å². The van der Waals surface area contributed by atoms with Crippen LogP contribution >= 0.6 is 0 Å². The van der Waals surface area contributed by atoms with Crippen molar-refractivity contribution >= 4 is 21.6 Å². The second-order valence-corrected chi connectivity index (χ2v) is 8.47. The van der Waals surface area contributed by atoms with Gasteiger partial charge in [-0.1, -0.05) is 0 Å². The Kier molecular flexibility index (Phi) is 4.94. The third kappa shape index (κ3) is 3.55. The van der Waals surface area contributed by atoms with Crippen molar-refractivity contribution in [2.75, 3.05) is 25.1 Å². The maximum Gasteiger partial charge on any atom is 0.243 e. The highest BCUT2D eigenvalue weighted by molar-refractivity contribution is 7.89. The minimum absolute atomic E-state index is 0.0539. The lowest BCUT2D eigenvalue weighted by molar-refractivity contribution is -0.119. The maximum atomic E-state index is 13.1. The minimum Gasteiger partial charge on any atom is -0.486 e. The van der Waals surface area contributed by atoms with Crippen molar-refractivity contribution in [3.63, 3.8) is 0 Å². The molecule has 4 rings (SSSR count). The maximum absolute atomic E-state index is 13.1. The fourth-order valence-corrected chi connectivity index (χ4v) is 5.04. The Hall–Kier alpha value is -2.65. The molecule has 0 aromatic heterocycles. The van der Waals surface area contributed by atoms with Gasteiger partial charge in [0.05, 0.1) is 4.90 Å². The monoisotopic (exact) mass is 406 g/mol. The van der Waals surface area contributed by atoms with E-state index in [1.165, 1.54) is 40.7 Å². The van der Waals surface area contributed by atoms with E-state index in [9.17, 15) is 17.6 Å². The third-order valence-corrected chi connectivity index (χ3v) is 6.64. The SMILES string of the molecule is O=C(Nc1ccc(F)cc1)C1CCCN1S(=O)(=O)c1ccc2c(c1)OCCO2. The molecule has 28 heavy (non-hydrogen) atoms. The van der Waals surface area contributed by atoms with Crippen molar-refractivity contribution in [3.8, 4) is 11.5 Å². The van der Waals surface area contributed by atoms with Gasteiger partial charge in [0.2, 0.25) is 15.9 Å². The molecule has 148 valence electrons. The van der Waals surface area contributed by atoms with Gasteiger partial charge >= 0.3 is 0 Å². The summed E-state index contributed by atoms with van der Waals surface area (Å²) in [5, 5.41) is 2.66. The average molecular weight is 406 g/mol. The van der Waals surface area contributed by atoms with E-state index >= 15 is 0 Å². The lowest BCUT2D eigenvalue weighted by Crippen LogP contribution is -2.43. The van der Waals surface area contributed by atoms with Crippen LogP contribution in [0.25, 0.3) is 0 Å². The molecule has 0 radical (unpaired) electrons. The van der Waals surface area contributed by atoms with Crippen LogP contribution in [0.1, 0.15) is 12.8 Å². The number of hydrogen-bond acceptors (Lipinski definition) is 5. The fourth-order valence-electron chi connectivity index (χ4n) is 3.37. The molecule has 1 N–H and O–H groups in total. The van der Waals surface area contributed by atoms with Gasteiger partial charge in [-0.25, -0.2) is 12.8 Å². The van der Waals surface area contributed by atoms with Crippen LogP contribution in [0.2, 0.25) is 0 Å². The number of hydrogen-bond donors (Lipinski definition) is 1. The van der Waals surface area contributed by atoms with Crippen molar-refractivity contribution < 1.29 is 27.1 Å². The summed E-state index contributed by atoms with van der Waals surface area (Å²) in [7, 11) is -3.89. The summed E-state index contributed by atoms with van der Waals surface area (Å²) in [4.78, 5) is 12.7. The number of anilines is 1. The minimum atomic E-state index is -3.89. The van der Waals surface area contributed by atoms with Crippen LogP contribution < -0.4 is 14.8 Å². The van der Waals surface area contributed by atoms with E-state index in [1.54, 1.807) is 6.07 Å². The Morgan fingerprint density at radius 3 is 2.54 bits per heavy atom. The van der Waals surface area contributed by atoms with Crippen LogP contribution in [0.3, 0.4) is 0 Å². The first-order chi connectivity index (χ1) is 13.4. The number of amides is 1. The average Bonchev–Trinajstić information content (AvgIpc) is 3.20. The number of nitrogens with one attached hydrogen (secondary N) is 1. The number of sulfonamides is 1. The predicted octanol–water partition coefficient (Wildman–Crippen LogP) is 2.39. The molecule has 2 aliphatic heterocycles. The summed E-state index contributed by atoms with van der Waals surface area (Å²) >= 11 is 0. The summed E-state index contributed by atoms with van der Waals surface area (Å²) in [5.41, 5.74) is 0.412. The quantitative estimate of drug-likeness (QED) is 0.843. The van der Waals surface area contributed by atoms with E-state index in [2.05, 4.69) is 5.32 Å². The molecular formula is C19H19FN2O5S. The molecule has 1 amide bonds. The van der Waals surface area contributed by atoms with E-state index in [-0.39, 0.29) is 11.4 Å². The third-order valence-electron chi connectivity index (χ3n) is 4.74. The number of carbonyl (C=O) groups is 1. The summed E-state index contributed by atoms with van der Waals surface area (Å²) < 4.78 is 51.4. The van der Waals surface area contributed by atoms with Crippen LogP contribution in [0.15, 0.2) is 47.4 Å². The van der Waals surface area contributed by atoms with Gasteiger partial charge in [-0.05, 0) is 49.2 Å². The smallest absolute Gasteiger partial charge is 0.243 e. The number of fused-ring (bicyclic) bond motifs is 1. The second-order valence-electron chi connectivity index (χ2n) is 6.58. The van der Waals surface area contributed by atoms with Crippen molar-refractivity contribution in [2.45, 2.75) is 23.8 Å². The summed E-state index contributed by atoms with van der Waals surface area (Å²) in [6.07, 6.45) is 0.988. The highest BCUT2D eigenvalue weighted by Crippen LogP contribution is 2.35. The molecule has 1 saturated heterocycles. The molecule has 0 spiro atoms.